The van der Waals surface area contributed by atoms with Gasteiger partial charge >= 0.3 is 0 Å². The van der Waals surface area contributed by atoms with Gasteiger partial charge in [-0.1, -0.05) is 35.5 Å². The van der Waals surface area contributed by atoms with Gasteiger partial charge in [0.25, 0.3) is 0 Å². The number of thioether (sulfide) groups is 1. The quantitative estimate of drug-likeness (QED) is 0.521. The van der Waals surface area contributed by atoms with E-state index in [1.54, 1.807) is 18.2 Å². The van der Waals surface area contributed by atoms with Crippen molar-refractivity contribution in [2.75, 3.05) is 5.75 Å². The van der Waals surface area contributed by atoms with Crippen LogP contribution in [0.4, 0.5) is 0 Å². The molecule has 1 aromatic heterocycles. The van der Waals surface area contributed by atoms with Gasteiger partial charge in [-0.15, -0.1) is 16.8 Å². The minimum Gasteiger partial charge on any atom is -0.483 e. The second-order valence-corrected chi connectivity index (χ2v) is 7.47. The minimum atomic E-state index is -0.324. The SMILES string of the molecule is C=CCn1c(SCC(=O)NC2CC2)nnc1C(C)Oc1cccc(Cl)c1. The van der Waals surface area contributed by atoms with E-state index in [2.05, 4.69) is 22.1 Å². The van der Waals surface area contributed by atoms with Gasteiger partial charge in [-0.05, 0) is 38.0 Å². The molecule has 1 aliphatic carbocycles. The van der Waals surface area contributed by atoms with Gasteiger partial charge < -0.3 is 10.1 Å². The zero-order valence-electron chi connectivity index (χ0n) is 14.5. The Balaban J connectivity index is 1.68. The topological polar surface area (TPSA) is 69.0 Å². The molecule has 1 aromatic carbocycles. The van der Waals surface area contributed by atoms with Crippen LogP contribution in [0.2, 0.25) is 5.02 Å². The molecule has 1 atom stereocenters. The number of benzene rings is 1. The predicted molar refractivity (Wildman–Crippen MR) is 103 cm³/mol. The molecule has 3 rings (SSSR count). The first kappa shape index (κ1) is 18.8. The molecule has 1 saturated carbocycles. The number of nitrogens with zero attached hydrogens (tertiary/aromatic N) is 3. The molecule has 0 aliphatic heterocycles. The first-order valence-electron chi connectivity index (χ1n) is 8.45. The monoisotopic (exact) mass is 392 g/mol. The Morgan fingerprint density at radius 1 is 1.54 bits per heavy atom. The smallest absolute Gasteiger partial charge is 0.230 e. The fourth-order valence-electron chi connectivity index (χ4n) is 2.43. The molecule has 1 amide bonds. The number of amides is 1. The summed E-state index contributed by atoms with van der Waals surface area (Å²) in [7, 11) is 0. The lowest BCUT2D eigenvalue weighted by Crippen LogP contribution is -2.27. The molecule has 138 valence electrons. The number of nitrogens with one attached hydrogen (secondary N) is 1. The second-order valence-electron chi connectivity index (χ2n) is 6.09. The summed E-state index contributed by atoms with van der Waals surface area (Å²) < 4.78 is 7.85. The largest absolute Gasteiger partial charge is 0.483 e. The molecule has 1 N–H and O–H groups in total. The Morgan fingerprint density at radius 2 is 2.35 bits per heavy atom. The first-order chi connectivity index (χ1) is 12.6. The normalized spacial score (nSPS) is 14.7. The number of rotatable bonds is 9. The zero-order chi connectivity index (χ0) is 18.5. The molecule has 1 fully saturated rings. The summed E-state index contributed by atoms with van der Waals surface area (Å²) in [5.41, 5.74) is 0. The van der Waals surface area contributed by atoms with Crippen molar-refractivity contribution >= 4 is 29.3 Å². The first-order valence-corrected chi connectivity index (χ1v) is 9.81. The Kier molecular flexibility index (Phi) is 6.21. The number of allylic oxidation sites excluding steroid dienone is 1. The highest BCUT2D eigenvalue weighted by atomic mass is 35.5. The van der Waals surface area contributed by atoms with Crippen LogP contribution in [0.1, 0.15) is 31.7 Å². The Labute approximate surface area is 162 Å². The van der Waals surface area contributed by atoms with Crippen LogP contribution in [0, 0.1) is 0 Å². The predicted octanol–water partition coefficient (Wildman–Crippen LogP) is 3.63. The molecule has 1 unspecified atom stereocenters. The third kappa shape index (κ3) is 5.02. The lowest BCUT2D eigenvalue weighted by atomic mass is 10.3. The molecular weight excluding hydrogens is 372 g/mol. The summed E-state index contributed by atoms with van der Waals surface area (Å²) in [6, 6.07) is 7.58. The molecule has 6 nitrogen and oxygen atoms in total. The lowest BCUT2D eigenvalue weighted by molar-refractivity contribution is -0.118. The molecule has 1 aliphatic rings. The van der Waals surface area contributed by atoms with Crippen molar-refractivity contribution in [3.8, 4) is 5.75 Å². The highest BCUT2D eigenvalue weighted by molar-refractivity contribution is 7.99. The van der Waals surface area contributed by atoms with Crippen LogP contribution in [0.3, 0.4) is 0 Å². The van der Waals surface area contributed by atoms with Crippen molar-refractivity contribution in [1.29, 1.82) is 0 Å². The molecule has 8 heteroatoms. The average molecular weight is 393 g/mol. The van der Waals surface area contributed by atoms with Crippen LogP contribution < -0.4 is 10.1 Å². The Hall–Kier alpha value is -1.99. The minimum absolute atomic E-state index is 0.0235. The lowest BCUT2D eigenvalue weighted by Gasteiger charge is -2.15. The molecule has 0 bridgehead atoms. The van der Waals surface area contributed by atoms with E-state index in [9.17, 15) is 4.79 Å². The maximum atomic E-state index is 11.9. The van der Waals surface area contributed by atoms with Crippen molar-refractivity contribution in [3.05, 3.63) is 47.8 Å². The van der Waals surface area contributed by atoms with Crippen LogP contribution in [0.15, 0.2) is 42.1 Å². The van der Waals surface area contributed by atoms with Crippen molar-refractivity contribution in [1.82, 2.24) is 20.1 Å². The van der Waals surface area contributed by atoms with E-state index in [0.29, 0.717) is 40.1 Å². The van der Waals surface area contributed by atoms with Gasteiger partial charge in [0.05, 0.1) is 5.75 Å². The van der Waals surface area contributed by atoms with Gasteiger partial charge in [-0.3, -0.25) is 9.36 Å². The standard InChI is InChI=1S/C18H21ClN4O2S/c1-3-9-23-17(12(2)25-15-6-4-5-13(19)10-15)21-22-18(23)26-11-16(24)20-14-7-8-14/h3-6,10,12,14H,1,7-9,11H2,2H3,(H,20,24). The molecule has 0 radical (unpaired) electrons. The number of carbonyl (C=O) groups excluding carboxylic acids is 1. The van der Waals surface area contributed by atoms with Crippen LogP contribution in [-0.4, -0.2) is 32.5 Å². The molecule has 26 heavy (non-hydrogen) atoms. The summed E-state index contributed by atoms with van der Waals surface area (Å²) in [4.78, 5) is 11.9. The van der Waals surface area contributed by atoms with E-state index < -0.39 is 0 Å². The van der Waals surface area contributed by atoms with Gasteiger partial charge in [0.15, 0.2) is 17.1 Å². The van der Waals surface area contributed by atoms with E-state index in [4.69, 9.17) is 16.3 Å². The van der Waals surface area contributed by atoms with Crippen molar-refractivity contribution in [3.63, 3.8) is 0 Å². The fraction of sp³-hybridized carbons (Fsp3) is 0.389. The van der Waals surface area contributed by atoms with Gasteiger partial charge in [-0.25, -0.2) is 0 Å². The average Bonchev–Trinajstić information content (AvgIpc) is 3.32. The summed E-state index contributed by atoms with van der Waals surface area (Å²) in [6.45, 7) is 6.23. The molecular formula is C18H21ClN4O2S. The van der Waals surface area contributed by atoms with E-state index in [0.717, 1.165) is 12.8 Å². The molecule has 0 spiro atoms. The van der Waals surface area contributed by atoms with E-state index in [1.165, 1.54) is 11.8 Å². The van der Waals surface area contributed by atoms with E-state index in [1.807, 2.05) is 23.6 Å². The maximum absolute atomic E-state index is 11.9. The van der Waals surface area contributed by atoms with Crippen molar-refractivity contribution in [2.45, 2.75) is 43.6 Å². The molecule has 0 saturated heterocycles. The molecule has 2 aromatic rings. The number of hydrogen-bond acceptors (Lipinski definition) is 5. The summed E-state index contributed by atoms with van der Waals surface area (Å²) in [5, 5.41) is 12.7. The van der Waals surface area contributed by atoms with E-state index in [-0.39, 0.29) is 12.0 Å². The maximum Gasteiger partial charge on any atom is 0.230 e. The fourth-order valence-corrected chi connectivity index (χ4v) is 3.38. The van der Waals surface area contributed by atoms with Crippen LogP contribution >= 0.6 is 23.4 Å². The highest BCUT2D eigenvalue weighted by Crippen LogP contribution is 2.26. The third-order valence-electron chi connectivity index (χ3n) is 3.80. The number of ether oxygens (including phenoxy) is 1. The summed E-state index contributed by atoms with van der Waals surface area (Å²) >= 11 is 7.37. The number of aromatic nitrogens is 3. The number of halogens is 1. The van der Waals surface area contributed by atoms with Crippen LogP contribution in [-0.2, 0) is 11.3 Å². The van der Waals surface area contributed by atoms with Crippen molar-refractivity contribution < 1.29 is 9.53 Å². The van der Waals surface area contributed by atoms with E-state index >= 15 is 0 Å². The van der Waals surface area contributed by atoms with Gasteiger partial charge in [0.2, 0.25) is 5.91 Å². The molecule has 1 heterocycles. The highest BCUT2D eigenvalue weighted by Gasteiger charge is 2.24. The zero-order valence-corrected chi connectivity index (χ0v) is 16.1. The van der Waals surface area contributed by atoms with Crippen LogP contribution in [0.25, 0.3) is 0 Å². The number of hydrogen-bond donors (Lipinski definition) is 1. The summed E-state index contributed by atoms with van der Waals surface area (Å²) in [5.74, 6) is 1.68. The number of carbonyl (C=O) groups is 1. The van der Waals surface area contributed by atoms with Crippen LogP contribution in [0.5, 0.6) is 5.75 Å². The third-order valence-corrected chi connectivity index (χ3v) is 5.01. The Morgan fingerprint density at radius 3 is 3.04 bits per heavy atom. The van der Waals surface area contributed by atoms with Gasteiger partial charge in [-0.2, -0.15) is 0 Å². The van der Waals surface area contributed by atoms with Gasteiger partial charge in [0.1, 0.15) is 5.75 Å². The Bertz CT molecular complexity index is 791. The van der Waals surface area contributed by atoms with Crippen molar-refractivity contribution in [2.24, 2.45) is 0 Å². The second kappa shape index (κ2) is 8.60. The summed E-state index contributed by atoms with van der Waals surface area (Å²) in [6.07, 6.45) is 3.60. The van der Waals surface area contributed by atoms with Gasteiger partial charge in [0, 0.05) is 17.6 Å².